The van der Waals surface area contributed by atoms with E-state index in [1.807, 2.05) is 47.2 Å². The topological polar surface area (TPSA) is 59.8 Å². The van der Waals surface area contributed by atoms with Gasteiger partial charge in [0, 0.05) is 40.0 Å². The molecule has 1 aromatic carbocycles. The van der Waals surface area contributed by atoms with Crippen molar-refractivity contribution in [2.24, 2.45) is 5.92 Å². The number of carbonyl (C=O) groups is 1. The lowest BCUT2D eigenvalue weighted by Gasteiger charge is -2.26. The fraction of sp³-hybridized carbons (Fsp3) is 0.375. The number of carbonyl (C=O) groups excluding carboxylic acids is 1. The smallest absolute Gasteiger partial charge is 0.251 e. The third-order valence-corrected chi connectivity index (χ3v) is 6.36. The van der Waals surface area contributed by atoms with Crippen LogP contribution in [0.2, 0.25) is 5.02 Å². The normalized spacial score (nSPS) is 16.5. The van der Waals surface area contributed by atoms with Gasteiger partial charge in [-0.15, -0.1) is 0 Å². The maximum atomic E-state index is 13.2. The second kappa shape index (κ2) is 7.24. The van der Waals surface area contributed by atoms with Gasteiger partial charge in [-0.1, -0.05) is 23.7 Å². The fourth-order valence-corrected chi connectivity index (χ4v) is 4.09. The number of amides is 1. The molecule has 0 radical (unpaired) electrons. The number of pyridine rings is 1. The molecule has 30 heavy (non-hydrogen) atoms. The number of rotatable bonds is 6. The van der Waals surface area contributed by atoms with Gasteiger partial charge in [-0.2, -0.15) is 0 Å². The van der Waals surface area contributed by atoms with Crippen molar-refractivity contribution in [3.05, 3.63) is 65.2 Å². The fourth-order valence-electron chi connectivity index (χ4n) is 3.96. The van der Waals surface area contributed by atoms with E-state index in [1.54, 1.807) is 6.20 Å². The summed E-state index contributed by atoms with van der Waals surface area (Å²) < 4.78 is 2.01. The molecular weight excluding hydrogens is 396 g/mol. The van der Waals surface area contributed by atoms with E-state index in [0.29, 0.717) is 22.4 Å². The third kappa shape index (κ3) is 3.86. The summed E-state index contributed by atoms with van der Waals surface area (Å²) in [5, 5.41) is 3.90. The van der Waals surface area contributed by atoms with E-state index >= 15 is 0 Å². The van der Waals surface area contributed by atoms with Gasteiger partial charge in [-0.25, -0.2) is 9.97 Å². The van der Waals surface area contributed by atoms with Gasteiger partial charge in [-0.3, -0.25) is 9.36 Å². The van der Waals surface area contributed by atoms with E-state index in [4.69, 9.17) is 16.6 Å². The van der Waals surface area contributed by atoms with Gasteiger partial charge in [0.05, 0.1) is 5.69 Å². The molecule has 0 bridgehead atoms. The average molecular weight is 421 g/mol. The minimum Gasteiger partial charge on any atom is -0.347 e. The second-order valence-electron chi connectivity index (χ2n) is 8.99. The highest BCUT2D eigenvalue weighted by atomic mass is 35.5. The Labute approximate surface area is 181 Å². The molecule has 6 heteroatoms. The van der Waals surface area contributed by atoms with Crippen LogP contribution in [0, 0.1) is 5.92 Å². The lowest BCUT2D eigenvalue weighted by molar-refractivity contribution is 0.0903. The van der Waals surface area contributed by atoms with Crippen LogP contribution in [0.25, 0.3) is 17.1 Å². The molecule has 2 heterocycles. The van der Waals surface area contributed by atoms with Crippen LogP contribution in [-0.4, -0.2) is 26.0 Å². The number of hydrogen-bond acceptors (Lipinski definition) is 3. The number of nitrogens with zero attached hydrogens (tertiary/aromatic N) is 3. The van der Waals surface area contributed by atoms with Crippen molar-refractivity contribution >= 4 is 17.5 Å². The highest BCUT2D eigenvalue weighted by molar-refractivity contribution is 6.30. The first kappa shape index (κ1) is 19.3. The van der Waals surface area contributed by atoms with Crippen LogP contribution in [-0.2, 0) is 0 Å². The summed E-state index contributed by atoms with van der Waals surface area (Å²) in [6.45, 7) is 4.21. The van der Waals surface area contributed by atoms with E-state index in [-0.39, 0.29) is 11.4 Å². The number of hydrogen-bond donors (Lipinski definition) is 1. The van der Waals surface area contributed by atoms with E-state index in [1.165, 1.54) is 12.8 Å². The van der Waals surface area contributed by atoms with Crippen molar-refractivity contribution in [1.29, 1.82) is 0 Å². The molecule has 0 unspecified atom stereocenters. The van der Waals surface area contributed by atoms with Gasteiger partial charge in [-0.05, 0) is 69.7 Å². The predicted octanol–water partition coefficient (Wildman–Crippen LogP) is 5.38. The predicted molar refractivity (Wildman–Crippen MR) is 118 cm³/mol. The number of aromatic nitrogens is 3. The van der Waals surface area contributed by atoms with E-state index < -0.39 is 0 Å². The Balaban J connectivity index is 1.57. The van der Waals surface area contributed by atoms with E-state index in [0.717, 1.165) is 35.7 Å². The number of imidazole rings is 1. The molecule has 2 aliphatic rings. The average Bonchev–Trinajstić information content (AvgIpc) is 3.66. The van der Waals surface area contributed by atoms with Crippen LogP contribution in [0.5, 0.6) is 0 Å². The summed E-state index contributed by atoms with van der Waals surface area (Å²) in [5.74, 6) is 2.69. The van der Waals surface area contributed by atoms with Crippen LogP contribution in [0.3, 0.4) is 0 Å². The Bertz CT molecular complexity index is 1090. The minimum atomic E-state index is -0.213. The first-order valence-electron chi connectivity index (χ1n) is 10.5. The quantitative estimate of drug-likeness (QED) is 0.582. The molecule has 1 N–H and O–H groups in total. The van der Waals surface area contributed by atoms with Gasteiger partial charge in [0.15, 0.2) is 0 Å². The molecule has 0 saturated heterocycles. The van der Waals surface area contributed by atoms with Crippen LogP contribution in [0.15, 0.2) is 48.8 Å². The van der Waals surface area contributed by atoms with Gasteiger partial charge < -0.3 is 5.32 Å². The molecule has 0 aliphatic heterocycles. The molecule has 5 rings (SSSR count). The Morgan fingerprint density at radius 1 is 1.13 bits per heavy atom. The summed E-state index contributed by atoms with van der Waals surface area (Å²) in [6.07, 6.45) is 8.38. The van der Waals surface area contributed by atoms with Crippen molar-refractivity contribution in [2.45, 2.75) is 51.0 Å². The number of benzene rings is 1. The van der Waals surface area contributed by atoms with Gasteiger partial charge in [0.2, 0.25) is 0 Å². The first-order valence-corrected chi connectivity index (χ1v) is 10.9. The van der Waals surface area contributed by atoms with Gasteiger partial charge >= 0.3 is 0 Å². The number of halogens is 1. The molecule has 3 aromatic rings. The van der Waals surface area contributed by atoms with Crippen LogP contribution >= 0.6 is 11.6 Å². The third-order valence-electron chi connectivity index (χ3n) is 6.11. The molecule has 2 saturated carbocycles. The highest BCUT2D eigenvalue weighted by Crippen LogP contribution is 2.40. The minimum absolute atomic E-state index is 0.0705. The van der Waals surface area contributed by atoms with Crippen molar-refractivity contribution in [1.82, 2.24) is 19.9 Å². The Morgan fingerprint density at radius 3 is 2.53 bits per heavy atom. The molecule has 2 aliphatic carbocycles. The van der Waals surface area contributed by atoms with E-state index in [9.17, 15) is 4.79 Å². The van der Waals surface area contributed by atoms with Crippen molar-refractivity contribution < 1.29 is 4.79 Å². The highest BCUT2D eigenvalue weighted by Gasteiger charge is 2.39. The molecular formula is C24H25ClN4O. The number of nitrogens with one attached hydrogen (secondary N) is 1. The maximum absolute atomic E-state index is 13.2. The largest absolute Gasteiger partial charge is 0.347 e. The standard InChI is InChI=1S/C24H25ClN4O/c1-24(2,18-7-8-18)28-23(30)17-13-20(15-5-9-19(25)10-6-15)27-21(14-17)29-12-11-26-22(29)16-3-4-16/h5-6,9-14,16,18H,3-4,7-8H2,1-2H3,(H,28,30). The summed E-state index contributed by atoms with van der Waals surface area (Å²) in [7, 11) is 0. The summed E-state index contributed by atoms with van der Waals surface area (Å²) >= 11 is 6.07. The van der Waals surface area contributed by atoms with Crippen LogP contribution in [0.1, 0.15) is 61.6 Å². The Kier molecular flexibility index (Phi) is 4.66. The van der Waals surface area contributed by atoms with Crippen molar-refractivity contribution in [2.75, 3.05) is 0 Å². The molecule has 0 atom stereocenters. The Hall–Kier alpha value is -2.66. The molecule has 2 fully saturated rings. The lowest BCUT2D eigenvalue weighted by Crippen LogP contribution is -2.45. The zero-order chi connectivity index (χ0) is 20.9. The first-order chi connectivity index (χ1) is 14.4. The van der Waals surface area contributed by atoms with Crippen LogP contribution in [0.4, 0.5) is 0 Å². The summed E-state index contributed by atoms with van der Waals surface area (Å²) in [5.41, 5.74) is 2.06. The van der Waals surface area contributed by atoms with Gasteiger partial charge in [0.25, 0.3) is 5.91 Å². The summed E-state index contributed by atoms with van der Waals surface area (Å²) in [4.78, 5) is 22.6. The molecule has 5 nitrogen and oxygen atoms in total. The van der Waals surface area contributed by atoms with Crippen molar-refractivity contribution in [3.8, 4) is 17.1 Å². The SMILES string of the molecule is CC(C)(NC(=O)c1cc(-c2ccc(Cl)cc2)nc(-n2ccnc2C2CC2)c1)C1CC1. The zero-order valence-electron chi connectivity index (χ0n) is 17.2. The molecule has 1 amide bonds. The molecule has 0 spiro atoms. The molecule has 154 valence electrons. The monoisotopic (exact) mass is 420 g/mol. The van der Waals surface area contributed by atoms with E-state index in [2.05, 4.69) is 24.1 Å². The van der Waals surface area contributed by atoms with Crippen molar-refractivity contribution in [3.63, 3.8) is 0 Å². The Morgan fingerprint density at radius 2 is 1.87 bits per heavy atom. The second-order valence-corrected chi connectivity index (χ2v) is 9.42. The van der Waals surface area contributed by atoms with Crippen LogP contribution < -0.4 is 5.32 Å². The lowest BCUT2D eigenvalue weighted by atomic mass is 9.98. The maximum Gasteiger partial charge on any atom is 0.251 e. The zero-order valence-corrected chi connectivity index (χ0v) is 18.0. The van der Waals surface area contributed by atoms with Gasteiger partial charge in [0.1, 0.15) is 11.6 Å². The molecule has 2 aromatic heterocycles. The summed E-state index contributed by atoms with van der Waals surface area (Å²) in [6, 6.07) is 11.3.